The maximum absolute atomic E-state index is 10.8. The van der Waals surface area contributed by atoms with Crippen molar-refractivity contribution in [1.29, 1.82) is 0 Å². The summed E-state index contributed by atoms with van der Waals surface area (Å²) < 4.78 is 0. The highest BCUT2D eigenvalue weighted by Crippen LogP contribution is 2.21. The van der Waals surface area contributed by atoms with Gasteiger partial charge < -0.3 is 15.3 Å². The molecule has 1 aromatic carbocycles. The van der Waals surface area contributed by atoms with Crippen LogP contribution in [-0.4, -0.2) is 47.7 Å². The van der Waals surface area contributed by atoms with Crippen molar-refractivity contribution in [2.75, 3.05) is 32.5 Å². The van der Waals surface area contributed by atoms with Crippen LogP contribution in [0.3, 0.4) is 0 Å². The van der Waals surface area contributed by atoms with Crippen LogP contribution in [0.4, 0.5) is 11.4 Å². The van der Waals surface area contributed by atoms with Crippen LogP contribution in [0.25, 0.3) is 0 Å². The van der Waals surface area contributed by atoms with Gasteiger partial charge in [0.05, 0.1) is 10.5 Å². The minimum absolute atomic E-state index is 0.0507. The zero-order valence-corrected chi connectivity index (χ0v) is 11.8. The first-order valence-electron chi connectivity index (χ1n) is 6.07. The molecule has 0 aliphatic heterocycles. The summed E-state index contributed by atoms with van der Waals surface area (Å²) in [6, 6.07) is 4.81. The molecule has 0 bridgehead atoms. The van der Waals surface area contributed by atoms with Crippen LogP contribution in [0, 0.1) is 17.0 Å². The Morgan fingerprint density at radius 3 is 2.58 bits per heavy atom. The molecular formula is C13H21N3O3. The molecule has 0 aliphatic rings. The number of rotatable bonds is 6. The maximum atomic E-state index is 10.8. The number of nitrogens with one attached hydrogen (secondary N) is 1. The van der Waals surface area contributed by atoms with E-state index < -0.39 is 10.5 Å². The third-order valence-corrected chi connectivity index (χ3v) is 2.60. The van der Waals surface area contributed by atoms with Gasteiger partial charge in [-0.3, -0.25) is 10.1 Å². The van der Waals surface area contributed by atoms with Gasteiger partial charge in [0.15, 0.2) is 0 Å². The summed E-state index contributed by atoms with van der Waals surface area (Å²) in [4.78, 5) is 12.2. The third-order valence-electron chi connectivity index (χ3n) is 2.60. The van der Waals surface area contributed by atoms with Crippen molar-refractivity contribution in [3.8, 4) is 0 Å². The third kappa shape index (κ3) is 5.23. The van der Waals surface area contributed by atoms with Crippen molar-refractivity contribution < 1.29 is 10.0 Å². The number of hydrogen-bond donors (Lipinski definition) is 2. The fourth-order valence-corrected chi connectivity index (χ4v) is 2.00. The molecule has 1 atom stereocenters. The molecule has 0 spiro atoms. The number of likely N-dealkylation sites (N-methyl/N-ethyl adjacent to an activating group) is 1. The molecule has 0 radical (unpaired) electrons. The van der Waals surface area contributed by atoms with Gasteiger partial charge in [-0.25, -0.2) is 0 Å². The summed E-state index contributed by atoms with van der Waals surface area (Å²) in [6.45, 7) is 4.36. The Bertz CT molecular complexity index is 458. The van der Waals surface area contributed by atoms with E-state index in [0.717, 1.165) is 5.56 Å². The highest BCUT2D eigenvalue weighted by Gasteiger charge is 2.21. The van der Waals surface area contributed by atoms with Gasteiger partial charge in [0, 0.05) is 30.9 Å². The van der Waals surface area contributed by atoms with E-state index in [0.29, 0.717) is 18.8 Å². The normalized spacial score (nSPS) is 14.2. The second kappa shape index (κ2) is 5.99. The smallest absolute Gasteiger partial charge is 0.271 e. The summed E-state index contributed by atoms with van der Waals surface area (Å²) in [5, 5.41) is 24.0. The molecule has 0 heterocycles. The number of nitro benzene ring substituents is 1. The largest absolute Gasteiger partial charge is 0.387 e. The fraction of sp³-hybridized carbons (Fsp3) is 0.538. The molecular weight excluding hydrogens is 246 g/mol. The predicted molar refractivity (Wildman–Crippen MR) is 75.5 cm³/mol. The topological polar surface area (TPSA) is 78.6 Å². The van der Waals surface area contributed by atoms with Crippen LogP contribution in [0.15, 0.2) is 18.2 Å². The Kier molecular flexibility index (Phi) is 4.85. The van der Waals surface area contributed by atoms with E-state index in [1.165, 1.54) is 12.1 Å². The summed E-state index contributed by atoms with van der Waals surface area (Å²) in [6.07, 6.45) is 0. The molecule has 1 rings (SSSR count). The first-order chi connectivity index (χ1) is 8.69. The average molecular weight is 267 g/mol. The molecule has 106 valence electrons. The monoisotopic (exact) mass is 267 g/mol. The molecule has 19 heavy (non-hydrogen) atoms. The van der Waals surface area contributed by atoms with Crippen molar-refractivity contribution in [2.24, 2.45) is 0 Å². The number of aliphatic hydroxyl groups is 1. The number of non-ortho nitro benzene ring substituents is 1. The van der Waals surface area contributed by atoms with Gasteiger partial charge in [-0.1, -0.05) is 0 Å². The molecule has 0 aliphatic carbocycles. The van der Waals surface area contributed by atoms with Crippen LogP contribution < -0.4 is 5.32 Å². The molecule has 0 saturated heterocycles. The van der Waals surface area contributed by atoms with E-state index in [1.54, 1.807) is 13.8 Å². The number of benzene rings is 1. The van der Waals surface area contributed by atoms with Crippen LogP contribution in [0.5, 0.6) is 0 Å². The highest BCUT2D eigenvalue weighted by atomic mass is 16.6. The van der Waals surface area contributed by atoms with Crippen molar-refractivity contribution >= 4 is 11.4 Å². The Morgan fingerprint density at radius 1 is 1.42 bits per heavy atom. The standard InChI is InChI=1S/C13H21N3O3/c1-10-5-11(7-12(6-10)16(18)19)14-8-13(2,17)9-15(3)4/h5-7,14,17H,8-9H2,1-4H3. The Morgan fingerprint density at radius 2 is 2.05 bits per heavy atom. The molecule has 1 aromatic rings. The van der Waals surface area contributed by atoms with E-state index in [9.17, 15) is 15.2 Å². The Labute approximate surface area is 113 Å². The molecule has 0 fully saturated rings. The number of anilines is 1. The summed E-state index contributed by atoms with van der Waals surface area (Å²) >= 11 is 0. The number of nitro groups is 1. The lowest BCUT2D eigenvalue weighted by Gasteiger charge is -2.27. The van der Waals surface area contributed by atoms with Crippen LogP contribution in [0.2, 0.25) is 0 Å². The van der Waals surface area contributed by atoms with Gasteiger partial charge >= 0.3 is 0 Å². The molecule has 0 aromatic heterocycles. The van der Waals surface area contributed by atoms with Gasteiger partial charge in [0.1, 0.15) is 0 Å². The second-order valence-electron chi connectivity index (χ2n) is 5.40. The lowest BCUT2D eigenvalue weighted by molar-refractivity contribution is -0.384. The van der Waals surface area contributed by atoms with Gasteiger partial charge in [0.2, 0.25) is 0 Å². The van der Waals surface area contributed by atoms with Gasteiger partial charge in [-0.05, 0) is 39.6 Å². The first-order valence-corrected chi connectivity index (χ1v) is 6.07. The van der Waals surface area contributed by atoms with Crippen molar-refractivity contribution in [3.05, 3.63) is 33.9 Å². The summed E-state index contributed by atoms with van der Waals surface area (Å²) in [5.41, 5.74) is 0.603. The molecule has 2 N–H and O–H groups in total. The summed E-state index contributed by atoms with van der Waals surface area (Å²) in [7, 11) is 3.76. The van der Waals surface area contributed by atoms with E-state index in [4.69, 9.17) is 0 Å². The minimum atomic E-state index is -0.901. The lowest BCUT2D eigenvalue weighted by atomic mass is 10.1. The van der Waals surface area contributed by atoms with Gasteiger partial charge in [-0.15, -0.1) is 0 Å². The maximum Gasteiger partial charge on any atom is 0.271 e. The van der Waals surface area contributed by atoms with E-state index in [2.05, 4.69) is 5.32 Å². The van der Waals surface area contributed by atoms with Crippen LogP contribution in [-0.2, 0) is 0 Å². The molecule has 1 unspecified atom stereocenters. The minimum Gasteiger partial charge on any atom is -0.387 e. The second-order valence-corrected chi connectivity index (χ2v) is 5.40. The molecule has 6 nitrogen and oxygen atoms in total. The number of hydrogen-bond acceptors (Lipinski definition) is 5. The first kappa shape index (κ1) is 15.4. The predicted octanol–water partition coefficient (Wildman–Crippen LogP) is 1.63. The SMILES string of the molecule is Cc1cc(NCC(C)(O)CN(C)C)cc([N+](=O)[O-])c1. The van der Waals surface area contributed by atoms with E-state index in [1.807, 2.05) is 25.1 Å². The zero-order chi connectivity index (χ0) is 14.6. The molecule has 0 amide bonds. The zero-order valence-electron chi connectivity index (χ0n) is 11.8. The molecule has 0 saturated carbocycles. The van der Waals surface area contributed by atoms with Crippen molar-refractivity contribution in [3.63, 3.8) is 0 Å². The Hall–Kier alpha value is -1.66. The fourth-order valence-electron chi connectivity index (χ4n) is 2.00. The Balaban J connectivity index is 2.75. The van der Waals surface area contributed by atoms with Gasteiger partial charge in [0.25, 0.3) is 5.69 Å². The number of nitrogens with zero attached hydrogens (tertiary/aromatic N) is 2. The number of aryl methyl sites for hydroxylation is 1. The van der Waals surface area contributed by atoms with E-state index in [-0.39, 0.29) is 5.69 Å². The lowest BCUT2D eigenvalue weighted by Crippen LogP contribution is -2.43. The van der Waals surface area contributed by atoms with Crippen molar-refractivity contribution in [1.82, 2.24) is 4.90 Å². The highest BCUT2D eigenvalue weighted by molar-refractivity contribution is 5.53. The van der Waals surface area contributed by atoms with Crippen molar-refractivity contribution in [2.45, 2.75) is 19.4 Å². The van der Waals surface area contributed by atoms with E-state index >= 15 is 0 Å². The molecule has 6 heteroatoms. The average Bonchev–Trinajstić information content (AvgIpc) is 2.24. The van der Waals surface area contributed by atoms with Crippen LogP contribution in [0.1, 0.15) is 12.5 Å². The van der Waals surface area contributed by atoms with Crippen LogP contribution >= 0.6 is 0 Å². The quantitative estimate of drug-likeness (QED) is 0.605. The van der Waals surface area contributed by atoms with Gasteiger partial charge in [-0.2, -0.15) is 0 Å². The summed E-state index contributed by atoms with van der Waals surface area (Å²) in [5.74, 6) is 0.